The van der Waals surface area contributed by atoms with Crippen molar-refractivity contribution >= 4 is 57.9 Å². The van der Waals surface area contributed by atoms with Crippen molar-refractivity contribution in [3.05, 3.63) is 96.4 Å². The van der Waals surface area contributed by atoms with E-state index in [-0.39, 0.29) is 22.9 Å². The summed E-state index contributed by atoms with van der Waals surface area (Å²) in [7, 11) is 1.29. The molecule has 0 saturated carbocycles. The van der Waals surface area contributed by atoms with Gasteiger partial charge in [0.1, 0.15) is 0 Å². The Labute approximate surface area is 233 Å². The minimum absolute atomic E-state index is 0.0287. The van der Waals surface area contributed by atoms with E-state index in [9.17, 15) is 32.9 Å². The van der Waals surface area contributed by atoms with Crippen LogP contribution in [-0.4, -0.2) is 28.1 Å². The molecule has 8 nitrogen and oxygen atoms in total. The zero-order valence-corrected chi connectivity index (χ0v) is 22.0. The van der Waals surface area contributed by atoms with Gasteiger partial charge in [0.15, 0.2) is 11.5 Å². The lowest BCUT2D eigenvalue weighted by Gasteiger charge is -2.14. The molecule has 1 heterocycles. The topological polar surface area (TPSA) is 99.0 Å². The summed E-state index contributed by atoms with van der Waals surface area (Å²) in [6.45, 7) is -0.122. The van der Waals surface area contributed by atoms with Crippen LogP contribution in [0.5, 0.6) is 17.2 Å². The molecule has 202 valence electrons. The van der Waals surface area contributed by atoms with E-state index in [0.29, 0.717) is 45.1 Å². The van der Waals surface area contributed by atoms with Crippen molar-refractivity contribution in [2.45, 2.75) is 12.7 Å². The normalized spacial score (nSPS) is 14.7. The van der Waals surface area contributed by atoms with E-state index in [0.717, 1.165) is 11.0 Å². The Balaban J connectivity index is 1.59. The molecule has 0 unspecified atom stereocenters. The molecule has 0 atom stereocenters. The zero-order chi connectivity index (χ0) is 28.5. The van der Waals surface area contributed by atoms with E-state index in [1.165, 1.54) is 31.4 Å². The third-order valence-corrected chi connectivity index (χ3v) is 7.06. The largest absolute Gasteiger partial charge is 0.493 e. The maximum atomic E-state index is 13.0. The molecule has 0 aliphatic carbocycles. The van der Waals surface area contributed by atoms with Crippen LogP contribution in [0.3, 0.4) is 0 Å². The van der Waals surface area contributed by atoms with Crippen LogP contribution in [-0.2, 0) is 17.5 Å². The number of ether oxygens (including phenoxy) is 2. The molecule has 2 amide bonds. The van der Waals surface area contributed by atoms with Gasteiger partial charge in [-0.15, -0.1) is 0 Å². The van der Waals surface area contributed by atoms with Crippen LogP contribution >= 0.6 is 35.0 Å². The number of amides is 2. The molecule has 0 radical (unpaired) electrons. The highest BCUT2D eigenvalue weighted by molar-refractivity contribution is 8.18. The quantitative estimate of drug-likeness (QED) is 0.154. The lowest BCUT2D eigenvalue weighted by Crippen LogP contribution is -2.27. The van der Waals surface area contributed by atoms with Crippen LogP contribution in [0.4, 0.5) is 23.7 Å². The number of methoxy groups -OCH3 is 1. The Morgan fingerprint density at radius 1 is 1.03 bits per heavy atom. The van der Waals surface area contributed by atoms with Crippen LogP contribution in [0.15, 0.2) is 59.5 Å². The van der Waals surface area contributed by atoms with Crippen LogP contribution < -0.4 is 9.47 Å². The number of hydrogen-bond donors (Lipinski definition) is 0. The number of imide groups is 1. The fraction of sp³-hybridized carbons (Fsp3) is 0.120. The SMILES string of the molecule is COc1cc(/C=C2\SC(=O)N(Cc3c(Cl)cccc3Cl)C2=O)ccc1Oc1ccc(C(F)(F)F)cc1[N+](=O)[O-]. The van der Waals surface area contributed by atoms with E-state index >= 15 is 0 Å². The number of hydrogen-bond acceptors (Lipinski definition) is 7. The van der Waals surface area contributed by atoms with E-state index < -0.39 is 39.2 Å². The van der Waals surface area contributed by atoms with Gasteiger partial charge in [0.05, 0.1) is 29.0 Å². The second-order valence-corrected chi connectivity index (χ2v) is 9.73. The van der Waals surface area contributed by atoms with Crippen molar-refractivity contribution in [2.24, 2.45) is 0 Å². The molecule has 39 heavy (non-hydrogen) atoms. The van der Waals surface area contributed by atoms with E-state index in [1.807, 2.05) is 0 Å². The summed E-state index contributed by atoms with van der Waals surface area (Å²) in [6.07, 6.45) is -3.34. The molecule has 3 aromatic rings. The molecule has 3 aromatic carbocycles. The Hall–Kier alpha value is -3.74. The van der Waals surface area contributed by atoms with Gasteiger partial charge in [-0.3, -0.25) is 24.6 Å². The lowest BCUT2D eigenvalue weighted by molar-refractivity contribution is -0.385. The molecular formula is C25H15Cl2F3N2O6S. The van der Waals surface area contributed by atoms with Crippen molar-refractivity contribution in [3.8, 4) is 17.2 Å². The highest BCUT2D eigenvalue weighted by atomic mass is 35.5. The zero-order valence-electron chi connectivity index (χ0n) is 19.6. The van der Waals surface area contributed by atoms with E-state index in [1.54, 1.807) is 18.2 Å². The van der Waals surface area contributed by atoms with Gasteiger partial charge in [-0.2, -0.15) is 13.2 Å². The average Bonchev–Trinajstić information content (AvgIpc) is 3.13. The lowest BCUT2D eigenvalue weighted by atomic mass is 10.1. The number of carbonyl (C=O) groups is 2. The second kappa shape index (κ2) is 11.2. The van der Waals surface area contributed by atoms with E-state index in [4.69, 9.17) is 32.7 Å². The number of carbonyl (C=O) groups excluding carboxylic acids is 2. The summed E-state index contributed by atoms with van der Waals surface area (Å²) in [6, 6.07) is 11.0. The number of nitro groups is 1. The van der Waals surface area contributed by atoms with E-state index in [2.05, 4.69) is 0 Å². The molecule has 0 N–H and O–H groups in total. The minimum atomic E-state index is -4.78. The monoisotopic (exact) mass is 598 g/mol. The number of nitrogens with zero attached hydrogens (tertiary/aromatic N) is 2. The number of rotatable bonds is 7. The standard InChI is InChI=1S/C25H15Cl2F3N2O6S/c1-37-21-9-13(5-7-20(21)38-19-8-6-14(25(28,29)30)11-18(19)32(35)36)10-22-23(33)31(24(34)39-22)12-15-16(26)3-2-4-17(15)27/h2-11H,12H2,1H3/b22-10-. The third kappa shape index (κ3) is 6.13. The van der Waals surface area contributed by atoms with Crippen molar-refractivity contribution in [3.63, 3.8) is 0 Å². The smallest absolute Gasteiger partial charge is 0.416 e. The molecule has 0 spiro atoms. The molecule has 0 aromatic heterocycles. The summed E-state index contributed by atoms with van der Waals surface area (Å²) < 4.78 is 49.8. The van der Waals surface area contributed by atoms with Crippen LogP contribution in [0, 0.1) is 10.1 Å². The fourth-order valence-electron chi connectivity index (χ4n) is 3.53. The molecular weight excluding hydrogens is 584 g/mol. The predicted octanol–water partition coefficient (Wildman–Crippen LogP) is 7.96. The Bertz CT molecular complexity index is 1510. The minimum Gasteiger partial charge on any atom is -0.493 e. The second-order valence-electron chi connectivity index (χ2n) is 7.92. The Morgan fingerprint density at radius 2 is 1.69 bits per heavy atom. The van der Waals surface area contributed by atoms with Crippen molar-refractivity contribution < 1.29 is 37.2 Å². The van der Waals surface area contributed by atoms with Gasteiger partial charge in [0.2, 0.25) is 5.75 Å². The van der Waals surface area contributed by atoms with Crippen molar-refractivity contribution in [1.82, 2.24) is 4.90 Å². The third-order valence-electron chi connectivity index (χ3n) is 5.44. The average molecular weight is 599 g/mol. The van der Waals surface area contributed by atoms with Crippen molar-refractivity contribution in [1.29, 1.82) is 0 Å². The number of thioether (sulfide) groups is 1. The summed E-state index contributed by atoms with van der Waals surface area (Å²) in [4.78, 5) is 37.0. The van der Waals surface area contributed by atoms with Gasteiger partial charge in [-0.1, -0.05) is 35.3 Å². The van der Waals surface area contributed by atoms with Gasteiger partial charge in [-0.05, 0) is 59.8 Å². The maximum Gasteiger partial charge on any atom is 0.416 e. The molecule has 14 heteroatoms. The first-order chi connectivity index (χ1) is 18.4. The van der Waals surface area contributed by atoms with Gasteiger partial charge < -0.3 is 9.47 Å². The van der Waals surface area contributed by atoms with Crippen LogP contribution in [0.2, 0.25) is 10.0 Å². The molecule has 4 rings (SSSR count). The number of halogens is 5. The van der Waals surface area contributed by atoms with Crippen LogP contribution in [0.1, 0.15) is 16.7 Å². The first-order valence-electron chi connectivity index (χ1n) is 10.8. The summed E-state index contributed by atoms with van der Waals surface area (Å²) in [5.41, 5.74) is -1.25. The Morgan fingerprint density at radius 3 is 2.31 bits per heavy atom. The predicted molar refractivity (Wildman–Crippen MR) is 139 cm³/mol. The number of alkyl halides is 3. The summed E-state index contributed by atoms with van der Waals surface area (Å²) in [5, 5.41) is 11.5. The molecule has 0 bridgehead atoms. The van der Waals surface area contributed by atoms with Gasteiger partial charge in [0.25, 0.3) is 11.1 Å². The summed E-state index contributed by atoms with van der Waals surface area (Å²) >= 11 is 13.0. The van der Waals surface area contributed by atoms with Gasteiger partial charge in [0, 0.05) is 21.7 Å². The van der Waals surface area contributed by atoms with Crippen LogP contribution in [0.25, 0.3) is 6.08 Å². The highest BCUT2D eigenvalue weighted by Gasteiger charge is 2.36. The molecule has 1 fully saturated rings. The molecule has 1 aliphatic heterocycles. The summed E-state index contributed by atoms with van der Waals surface area (Å²) in [5.74, 6) is -0.960. The maximum absolute atomic E-state index is 13.0. The first kappa shape index (κ1) is 28.3. The Kier molecular flexibility index (Phi) is 8.09. The van der Waals surface area contributed by atoms with Gasteiger partial charge in [-0.25, -0.2) is 0 Å². The van der Waals surface area contributed by atoms with Crippen molar-refractivity contribution in [2.75, 3.05) is 7.11 Å². The highest BCUT2D eigenvalue weighted by Crippen LogP contribution is 2.41. The number of nitro benzene ring substituents is 1. The number of benzene rings is 3. The molecule has 1 aliphatic rings. The van der Waals surface area contributed by atoms with Gasteiger partial charge >= 0.3 is 11.9 Å². The fourth-order valence-corrected chi connectivity index (χ4v) is 4.88. The molecule has 1 saturated heterocycles. The first-order valence-corrected chi connectivity index (χ1v) is 12.4.